The third-order valence-electron chi connectivity index (χ3n) is 6.50. The average molecular weight is 462 g/mol. The van der Waals surface area contributed by atoms with Gasteiger partial charge in [0.1, 0.15) is 5.92 Å². The quantitative estimate of drug-likeness (QED) is 0.564. The summed E-state index contributed by atoms with van der Waals surface area (Å²) in [6.07, 6.45) is 1.70. The Hall–Kier alpha value is -3.41. The number of carbonyl (C=O) groups is 2. The molecule has 2 aromatic carbocycles. The molecule has 0 radical (unpaired) electrons. The third kappa shape index (κ3) is 4.63. The molecule has 2 aliphatic rings. The SMILES string of the molecule is CCCOC(=O)C1C(C)=NC2=C(C(=O)C[C@@H](c3ccccc3)C2)[C@H]1c1ccc(O)c(OCC)c1. The number of phenolic OH excluding ortho intramolecular Hbond substituents is 1. The first-order chi connectivity index (χ1) is 16.4. The van der Waals surface area contributed by atoms with E-state index < -0.39 is 11.8 Å². The lowest BCUT2D eigenvalue weighted by molar-refractivity contribution is -0.146. The fourth-order valence-corrected chi connectivity index (χ4v) is 4.97. The van der Waals surface area contributed by atoms with Crippen LogP contribution in [-0.4, -0.2) is 35.8 Å². The molecule has 0 spiro atoms. The van der Waals surface area contributed by atoms with Crippen molar-refractivity contribution in [1.82, 2.24) is 0 Å². The number of ketones is 1. The van der Waals surface area contributed by atoms with Gasteiger partial charge in [0.05, 0.1) is 13.2 Å². The summed E-state index contributed by atoms with van der Waals surface area (Å²) in [7, 11) is 0. The second-order valence-corrected chi connectivity index (χ2v) is 8.84. The van der Waals surface area contributed by atoms with Gasteiger partial charge >= 0.3 is 5.97 Å². The summed E-state index contributed by atoms with van der Waals surface area (Å²) < 4.78 is 11.1. The molecule has 6 heteroatoms. The lowest BCUT2D eigenvalue weighted by atomic mass is 9.69. The summed E-state index contributed by atoms with van der Waals surface area (Å²) in [4.78, 5) is 31.6. The number of nitrogens with zero attached hydrogens (tertiary/aromatic N) is 1. The molecule has 4 rings (SSSR count). The van der Waals surface area contributed by atoms with E-state index in [1.807, 2.05) is 51.1 Å². The fraction of sp³-hybridized carbons (Fsp3) is 0.393. The lowest BCUT2D eigenvalue weighted by Gasteiger charge is -2.36. The monoisotopic (exact) mass is 461 g/mol. The summed E-state index contributed by atoms with van der Waals surface area (Å²) >= 11 is 0. The standard InChI is InChI=1S/C28H31NO5/c1-4-13-34-28(32)25-17(3)29-21-14-20(18-9-7-6-8-10-18)15-23(31)27(21)26(25)19-11-12-22(30)24(16-19)33-5-2/h6-12,16,20,25-26,30H,4-5,13-15H2,1-3H3/t20-,25?,26-/m0/s1. The van der Waals surface area contributed by atoms with Crippen LogP contribution >= 0.6 is 0 Å². The zero-order chi connectivity index (χ0) is 24.2. The van der Waals surface area contributed by atoms with Crippen molar-refractivity contribution in [2.75, 3.05) is 13.2 Å². The molecule has 0 fully saturated rings. The minimum absolute atomic E-state index is 0.00400. The van der Waals surface area contributed by atoms with Crippen molar-refractivity contribution in [3.8, 4) is 11.5 Å². The molecular weight excluding hydrogens is 430 g/mol. The zero-order valence-corrected chi connectivity index (χ0v) is 19.9. The summed E-state index contributed by atoms with van der Waals surface area (Å²) in [5.41, 5.74) is 3.78. The molecule has 6 nitrogen and oxygen atoms in total. The molecule has 178 valence electrons. The summed E-state index contributed by atoms with van der Waals surface area (Å²) in [5, 5.41) is 10.2. The molecule has 2 aromatic rings. The molecule has 34 heavy (non-hydrogen) atoms. The Morgan fingerprint density at radius 3 is 2.56 bits per heavy atom. The highest BCUT2D eigenvalue weighted by Gasteiger charge is 2.45. The van der Waals surface area contributed by atoms with Crippen molar-refractivity contribution in [3.63, 3.8) is 0 Å². The maximum Gasteiger partial charge on any atom is 0.315 e. The van der Waals surface area contributed by atoms with Crippen molar-refractivity contribution in [3.05, 3.63) is 70.9 Å². The van der Waals surface area contributed by atoms with E-state index in [0.29, 0.717) is 49.5 Å². The van der Waals surface area contributed by atoms with Gasteiger partial charge in [0.15, 0.2) is 17.3 Å². The van der Waals surface area contributed by atoms with E-state index in [1.165, 1.54) is 0 Å². The van der Waals surface area contributed by atoms with E-state index >= 15 is 0 Å². The van der Waals surface area contributed by atoms with E-state index in [0.717, 1.165) is 16.8 Å². The molecule has 0 saturated heterocycles. The molecule has 1 aliphatic heterocycles. The summed E-state index contributed by atoms with van der Waals surface area (Å²) in [5.74, 6) is -1.24. The van der Waals surface area contributed by atoms with Gasteiger partial charge in [0.25, 0.3) is 0 Å². The van der Waals surface area contributed by atoms with Gasteiger partial charge in [-0.25, -0.2) is 0 Å². The molecule has 1 aliphatic carbocycles. The van der Waals surface area contributed by atoms with E-state index in [9.17, 15) is 14.7 Å². The maximum absolute atomic E-state index is 13.6. The Labute approximate surface area is 200 Å². The number of Topliss-reactive ketones (excluding diaryl/α,β-unsaturated/α-hetero) is 1. The van der Waals surface area contributed by atoms with Gasteiger partial charge in [-0.15, -0.1) is 0 Å². The van der Waals surface area contributed by atoms with Gasteiger partial charge in [-0.1, -0.05) is 43.3 Å². The van der Waals surface area contributed by atoms with Crippen molar-refractivity contribution in [2.24, 2.45) is 10.9 Å². The first-order valence-corrected chi connectivity index (χ1v) is 11.9. The molecule has 0 saturated carbocycles. The number of aliphatic imine (C=N–C) groups is 1. The number of hydrogen-bond acceptors (Lipinski definition) is 6. The van der Waals surface area contributed by atoms with Crippen LogP contribution in [-0.2, 0) is 14.3 Å². The van der Waals surface area contributed by atoms with Crippen molar-refractivity contribution < 1.29 is 24.2 Å². The van der Waals surface area contributed by atoms with Gasteiger partial charge in [-0.05, 0) is 55.9 Å². The van der Waals surface area contributed by atoms with Crippen LogP contribution in [0.1, 0.15) is 63.0 Å². The van der Waals surface area contributed by atoms with Crippen LogP contribution in [0.4, 0.5) is 0 Å². The number of carbonyl (C=O) groups excluding carboxylic acids is 2. The fourth-order valence-electron chi connectivity index (χ4n) is 4.97. The molecule has 1 heterocycles. The Bertz CT molecular complexity index is 1130. The van der Waals surface area contributed by atoms with Crippen molar-refractivity contribution in [2.45, 2.75) is 51.9 Å². The van der Waals surface area contributed by atoms with Crippen LogP contribution in [0.2, 0.25) is 0 Å². The number of phenols is 1. The first kappa shape index (κ1) is 23.7. The zero-order valence-electron chi connectivity index (χ0n) is 19.9. The Morgan fingerprint density at radius 1 is 1.09 bits per heavy atom. The van der Waals surface area contributed by atoms with Gasteiger partial charge in [0.2, 0.25) is 0 Å². The molecule has 1 N–H and O–H groups in total. The highest BCUT2D eigenvalue weighted by atomic mass is 16.5. The summed E-state index contributed by atoms with van der Waals surface area (Å²) in [6, 6.07) is 15.0. The van der Waals surface area contributed by atoms with Crippen LogP contribution in [0, 0.1) is 5.92 Å². The van der Waals surface area contributed by atoms with Crippen LogP contribution in [0.25, 0.3) is 0 Å². The topological polar surface area (TPSA) is 85.2 Å². The minimum atomic E-state index is -0.707. The van der Waals surface area contributed by atoms with Gasteiger partial charge in [-0.3, -0.25) is 14.6 Å². The smallest absolute Gasteiger partial charge is 0.315 e. The second-order valence-electron chi connectivity index (χ2n) is 8.84. The predicted molar refractivity (Wildman–Crippen MR) is 130 cm³/mol. The normalized spacial score (nSPS) is 22.1. The minimum Gasteiger partial charge on any atom is -0.504 e. The number of benzene rings is 2. The number of allylic oxidation sites excluding steroid dienone is 2. The van der Waals surface area contributed by atoms with Crippen molar-refractivity contribution in [1.29, 1.82) is 0 Å². The van der Waals surface area contributed by atoms with E-state index in [1.54, 1.807) is 18.2 Å². The summed E-state index contributed by atoms with van der Waals surface area (Å²) in [6.45, 7) is 6.30. The number of hydrogen-bond donors (Lipinski definition) is 1. The number of aromatic hydroxyl groups is 1. The average Bonchev–Trinajstić information content (AvgIpc) is 2.83. The number of rotatable bonds is 7. The molecule has 0 amide bonds. The van der Waals surface area contributed by atoms with Crippen LogP contribution in [0.5, 0.6) is 11.5 Å². The van der Waals surface area contributed by atoms with Crippen LogP contribution in [0.3, 0.4) is 0 Å². The predicted octanol–water partition coefficient (Wildman–Crippen LogP) is 5.32. The third-order valence-corrected chi connectivity index (χ3v) is 6.50. The van der Waals surface area contributed by atoms with E-state index in [2.05, 4.69) is 0 Å². The van der Waals surface area contributed by atoms with E-state index in [-0.39, 0.29) is 23.4 Å². The Morgan fingerprint density at radius 2 is 1.85 bits per heavy atom. The van der Waals surface area contributed by atoms with Crippen molar-refractivity contribution >= 4 is 17.5 Å². The number of ether oxygens (including phenoxy) is 2. The highest BCUT2D eigenvalue weighted by Crippen LogP contribution is 2.47. The molecule has 0 aromatic heterocycles. The molecule has 3 atom stereocenters. The van der Waals surface area contributed by atoms with Gasteiger partial charge < -0.3 is 14.6 Å². The second kappa shape index (κ2) is 10.2. The highest BCUT2D eigenvalue weighted by molar-refractivity contribution is 6.09. The Balaban J connectivity index is 1.81. The first-order valence-electron chi connectivity index (χ1n) is 11.9. The lowest BCUT2D eigenvalue weighted by Crippen LogP contribution is -2.38. The Kier molecular flexibility index (Phi) is 7.15. The largest absolute Gasteiger partial charge is 0.504 e. The van der Waals surface area contributed by atoms with Gasteiger partial charge in [-0.2, -0.15) is 0 Å². The maximum atomic E-state index is 13.6. The molecular formula is C28H31NO5. The van der Waals surface area contributed by atoms with Gasteiger partial charge in [0, 0.05) is 29.3 Å². The molecule has 0 bridgehead atoms. The van der Waals surface area contributed by atoms with Crippen LogP contribution < -0.4 is 4.74 Å². The number of esters is 1. The molecule has 1 unspecified atom stereocenters. The van der Waals surface area contributed by atoms with E-state index in [4.69, 9.17) is 14.5 Å². The van der Waals surface area contributed by atoms with Crippen LogP contribution in [0.15, 0.2) is 64.8 Å².